The second-order valence-electron chi connectivity index (χ2n) is 18.6. The van der Waals surface area contributed by atoms with Crippen molar-refractivity contribution in [3.63, 3.8) is 0 Å². The molecule has 350 valence electrons. The maximum absolute atomic E-state index is 10.4. The van der Waals surface area contributed by atoms with Crippen LogP contribution < -0.4 is 0 Å². The summed E-state index contributed by atoms with van der Waals surface area (Å²) in [6.07, 6.45) is 0. The van der Waals surface area contributed by atoms with Gasteiger partial charge in [-0.25, -0.2) is 9.97 Å². The number of rotatable bonds is 8. The van der Waals surface area contributed by atoms with E-state index < -0.39 is 0 Å². The molecule has 76 heavy (non-hydrogen) atoms. The Morgan fingerprint density at radius 3 is 1.25 bits per heavy atom. The molecule has 0 unspecified atom stereocenters. The predicted octanol–water partition coefficient (Wildman–Crippen LogP) is 16.2. The lowest BCUT2D eigenvalue weighted by atomic mass is 9.95. The summed E-state index contributed by atoms with van der Waals surface area (Å²) in [4.78, 5) is 10.6. The molecule has 0 fully saturated rings. The third kappa shape index (κ3) is 7.51. The molecule has 0 amide bonds. The third-order valence-corrected chi connectivity index (χ3v) is 14.3. The van der Waals surface area contributed by atoms with E-state index >= 15 is 0 Å². The first-order chi connectivity index (χ1) is 37.5. The van der Waals surface area contributed by atoms with Gasteiger partial charge in [0.2, 0.25) is 0 Å². The SMILES string of the molecule is N#Cc1ccc(-c2ccc3c(c2)c2cc(-c4ccc(C#N)cc4C#N)ccc2n3-c2cc(-c3nc(-c4ccccc4)cc(-c4ccccc4)n3)ccc2-c2ccccc2-n2c3ccccc3c3ccccc32)c(C#N)c1. The summed E-state index contributed by atoms with van der Waals surface area (Å²) in [6, 6.07) is 86.4. The minimum Gasteiger partial charge on any atom is -0.309 e. The standard InChI is InChI=1S/C68H38N8/c69-39-43-23-28-52(50(33-43)41-71)47-26-31-65-58(35-47)59-36-48(53-29-24-44(40-70)34-51(53)42-72)27-32-66(59)76(65)67-37-49(68-73-60(45-13-3-1-4-14-45)38-61(74-68)46-15-5-2-6-16-46)25-30-57(67)56-19-9-12-22-64(56)75-62-20-10-7-17-54(62)55-18-8-11-21-63(55)75/h1-38H. The number of nitriles is 4. The second-order valence-corrected chi connectivity index (χ2v) is 18.6. The van der Waals surface area contributed by atoms with Gasteiger partial charge in [-0.3, -0.25) is 0 Å². The van der Waals surface area contributed by atoms with E-state index in [1.165, 1.54) is 0 Å². The van der Waals surface area contributed by atoms with Gasteiger partial charge in [-0.05, 0) is 101 Å². The van der Waals surface area contributed by atoms with E-state index in [0.717, 1.165) is 105 Å². The Hall–Kier alpha value is -11.2. The van der Waals surface area contributed by atoms with E-state index in [1.807, 2.05) is 66.7 Å². The number of hydrogen-bond acceptors (Lipinski definition) is 6. The Kier molecular flexibility index (Phi) is 10.9. The topological polar surface area (TPSA) is 131 Å². The molecule has 8 nitrogen and oxygen atoms in total. The van der Waals surface area contributed by atoms with Crippen LogP contribution in [-0.4, -0.2) is 19.1 Å². The fraction of sp³-hybridized carbons (Fsp3) is 0. The molecule has 13 aromatic rings. The Balaban J connectivity index is 1.13. The lowest BCUT2D eigenvalue weighted by molar-refractivity contribution is 1.15. The summed E-state index contributed by atoms with van der Waals surface area (Å²) in [5.41, 5.74) is 16.7. The molecule has 13 rings (SSSR count). The number of benzene rings is 10. The predicted molar refractivity (Wildman–Crippen MR) is 302 cm³/mol. The summed E-state index contributed by atoms with van der Waals surface area (Å²) in [7, 11) is 0. The molecule has 10 aromatic carbocycles. The minimum absolute atomic E-state index is 0.392. The van der Waals surface area contributed by atoms with E-state index in [0.29, 0.717) is 39.2 Å². The summed E-state index contributed by atoms with van der Waals surface area (Å²) >= 11 is 0. The highest BCUT2D eigenvalue weighted by Gasteiger charge is 2.23. The quantitative estimate of drug-likeness (QED) is 0.149. The van der Waals surface area contributed by atoms with E-state index in [9.17, 15) is 21.0 Å². The van der Waals surface area contributed by atoms with Crippen molar-refractivity contribution in [3.8, 4) is 103 Å². The fourth-order valence-corrected chi connectivity index (χ4v) is 10.8. The Morgan fingerprint density at radius 2 is 0.724 bits per heavy atom. The van der Waals surface area contributed by atoms with Gasteiger partial charge in [0.1, 0.15) is 0 Å². The van der Waals surface area contributed by atoms with Crippen molar-refractivity contribution >= 4 is 43.6 Å². The fourth-order valence-electron chi connectivity index (χ4n) is 10.8. The van der Waals surface area contributed by atoms with Crippen LogP contribution in [0.15, 0.2) is 231 Å². The average molecular weight is 967 g/mol. The van der Waals surface area contributed by atoms with Crippen molar-refractivity contribution < 1.29 is 0 Å². The van der Waals surface area contributed by atoms with E-state index in [2.05, 4.69) is 173 Å². The molecule has 0 bridgehead atoms. The van der Waals surface area contributed by atoms with Crippen LogP contribution >= 0.6 is 0 Å². The van der Waals surface area contributed by atoms with Crippen molar-refractivity contribution in [2.24, 2.45) is 0 Å². The molecule has 3 aromatic heterocycles. The van der Waals surface area contributed by atoms with Gasteiger partial charge in [0.15, 0.2) is 5.82 Å². The van der Waals surface area contributed by atoms with Crippen molar-refractivity contribution in [1.82, 2.24) is 19.1 Å². The van der Waals surface area contributed by atoms with Gasteiger partial charge < -0.3 is 9.13 Å². The molecule has 0 spiro atoms. The summed E-state index contributed by atoms with van der Waals surface area (Å²) in [5.74, 6) is 0.559. The number of aromatic nitrogens is 4. The smallest absolute Gasteiger partial charge is 0.160 e. The highest BCUT2D eigenvalue weighted by Crippen LogP contribution is 2.44. The molecule has 0 N–H and O–H groups in total. The van der Waals surface area contributed by atoms with Gasteiger partial charge >= 0.3 is 0 Å². The summed E-state index contributed by atoms with van der Waals surface area (Å²) < 4.78 is 4.66. The Labute approximate surface area is 437 Å². The first kappa shape index (κ1) is 44.8. The summed E-state index contributed by atoms with van der Waals surface area (Å²) in [5, 5.41) is 44.4. The van der Waals surface area contributed by atoms with E-state index in [1.54, 1.807) is 24.3 Å². The van der Waals surface area contributed by atoms with Gasteiger partial charge in [-0.2, -0.15) is 21.0 Å². The van der Waals surface area contributed by atoms with E-state index in [-0.39, 0.29) is 0 Å². The monoisotopic (exact) mass is 966 g/mol. The Bertz CT molecular complexity index is 4450. The van der Waals surface area contributed by atoms with Crippen LogP contribution in [0, 0.1) is 45.3 Å². The molecular formula is C68H38N8. The molecule has 0 atom stereocenters. The van der Waals surface area contributed by atoms with Crippen LogP contribution in [0.3, 0.4) is 0 Å². The van der Waals surface area contributed by atoms with Crippen LogP contribution in [0.5, 0.6) is 0 Å². The number of hydrogen-bond donors (Lipinski definition) is 0. The molecule has 8 heteroatoms. The second kappa shape index (κ2) is 18.5. The van der Waals surface area contributed by atoms with Crippen molar-refractivity contribution in [3.05, 3.63) is 253 Å². The molecule has 0 saturated heterocycles. The zero-order valence-electron chi connectivity index (χ0n) is 40.5. The van der Waals surface area contributed by atoms with Crippen molar-refractivity contribution in [1.29, 1.82) is 21.0 Å². The highest BCUT2D eigenvalue weighted by molar-refractivity contribution is 6.13. The Morgan fingerprint density at radius 1 is 0.289 bits per heavy atom. The largest absolute Gasteiger partial charge is 0.309 e. The zero-order valence-corrected chi connectivity index (χ0v) is 40.5. The molecule has 0 radical (unpaired) electrons. The molecule has 0 aliphatic rings. The van der Waals surface area contributed by atoms with Crippen molar-refractivity contribution in [2.75, 3.05) is 0 Å². The van der Waals surface area contributed by atoms with Crippen LogP contribution in [-0.2, 0) is 0 Å². The molecule has 3 heterocycles. The normalized spacial score (nSPS) is 11.1. The minimum atomic E-state index is 0.392. The number of fused-ring (bicyclic) bond motifs is 6. The zero-order chi connectivity index (χ0) is 51.3. The van der Waals surface area contributed by atoms with Gasteiger partial charge in [0.05, 0.1) is 91.4 Å². The van der Waals surface area contributed by atoms with Crippen molar-refractivity contribution in [2.45, 2.75) is 0 Å². The maximum atomic E-state index is 10.4. The lowest BCUT2D eigenvalue weighted by Crippen LogP contribution is -2.03. The first-order valence-electron chi connectivity index (χ1n) is 24.7. The maximum Gasteiger partial charge on any atom is 0.160 e. The van der Waals surface area contributed by atoms with Gasteiger partial charge in [-0.1, -0.05) is 152 Å². The molecule has 0 saturated carbocycles. The van der Waals surface area contributed by atoms with Crippen LogP contribution in [0.2, 0.25) is 0 Å². The number of para-hydroxylation sites is 3. The van der Waals surface area contributed by atoms with Gasteiger partial charge in [0, 0.05) is 49.4 Å². The highest BCUT2D eigenvalue weighted by atomic mass is 15.0. The molecular weight excluding hydrogens is 929 g/mol. The first-order valence-corrected chi connectivity index (χ1v) is 24.7. The third-order valence-electron chi connectivity index (χ3n) is 14.3. The van der Waals surface area contributed by atoms with Crippen LogP contribution in [0.4, 0.5) is 0 Å². The number of nitrogens with zero attached hydrogens (tertiary/aromatic N) is 8. The van der Waals surface area contributed by atoms with Crippen LogP contribution in [0.25, 0.3) is 122 Å². The van der Waals surface area contributed by atoms with Crippen LogP contribution in [0.1, 0.15) is 22.3 Å². The molecule has 0 aliphatic heterocycles. The average Bonchev–Trinajstić information content (AvgIpc) is 4.01. The summed E-state index contributed by atoms with van der Waals surface area (Å²) in [6.45, 7) is 0. The van der Waals surface area contributed by atoms with Gasteiger partial charge in [-0.15, -0.1) is 0 Å². The molecule has 0 aliphatic carbocycles. The van der Waals surface area contributed by atoms with Gasteiger partial charge in [0.25, 0.3) is 0 Å². The van der Waals surface area contributed by atoms with E-state index in [4.69, 9.17) is 9.97 Å². The lowest BCUT2D eigenvalue weighted by Gasteiger charge is -2.20.